The Hall–Kier alpha value is -2.54. The molecule has 7 heteroatoms. The van der Waals surface area contributed by atoms with Crippen molar-refractivity contribution in [1.82, 2.24) is 5.32 Å². The maximum atomic E-state index is 12.4. The molecule has 2 rings (SSSR count). The number of hydrogen-bond acceptors (Lipinski definition) is 4. The first-order valence-electron chi connectivity index (χ1n) is 8.93. The highest BCUT2D eigenvalue weighted by atomic mass is 32.2. The van der Waals surface area contributed by atoms with Gasteiger partial charge in [-0.2, -0.15) is 0 Å². The minimum absolute atomic E-state index is 0.134. The van der Waals surface area contributed by atoms with Gasteiger partial charge in [0, 0.05) is 12.1 Å². The summed E-state index contributed by atoms with van der Waals surface area (Å²) in [5.74, 6) is 0.381. The van der Waals surface area contributed by atoms with Gasteiger partial charge in [-0.25, -0.2) is 8.42 Å². The molecule has 0 heterocycles. The number of carbonyl (C=O) groups is 1. The quantitative estimate of drug-likeness (QED) is 0.713. The molecule has 2 aromatic carbocycles. The largest absolute Gasteiger partial charge is 0.492 e. The number of hydrogen-bond donors (Lipinski definition) is 1. The van der Waals surface area contributed by atoms with Crippen molar-refractivity contribution in [2.75, 3.05) is 23.7 Å². The lowest BCUT2D eigenvalue weighted by Gasteiger charge is -2.24. The Morgan fingerprint density at radius 3 is 2.33 bits per heavy atom. The zero-order valence-corrected chi connectivity index (χ0v) is 16.8. The molecule has 1 amide bonds. The number of rotatable bonds is 9. The van der Waals surface area contributed by atoms with Crippen LogP contribution in [0.4, 0.5) is 5.69 Å². The smallest absolute Gasteiger partial charge is 0.251 e. The standard InChI is InChI=1S/C20H26N2O4S/c1-4-14-21-20(23)17-12-10-16(11-13-17)15-22(27(3,24)25)18-8-6-7-9-19(18)26-5-2/h6-13H,4-5,14-15H2,1-3H3,(H,21,23). The Labute approximate surface area is 161 Å². The van der Waals surface area contributed by atoms with Crippen molar-refractivity contribution in [3.63, 3.8) is 0 Å². The molecule has 0 atom stereocenters. The van der Waals surface area contributed by atoms with E-state index in [0.29, 0.717) is 30.2 Å². The predicted molar refractivity (Wildman–Crippen MR) is 108 cm³/mol. The summed E-state index contributed by atoms with van der Waals surface area (Å²) in [6.07, 6.45) is 2.04. The Bertz CT molecular complexity index is 864. The molecule has 146 valence electrons. The van der Waals surface area contributed by atoms with Crippen LogP contribution in [0.1, 0.15) is 36.2 Å². The van der Waals surface area contributed by atoms with Crippen molar-refractivity contribution in [3.8, 4) is 5.75 Å². The molecule has 0 saturated carbocycles. The summed E-state index contributed by atoms with van der Waals surface area (Å²) in [5.41, 5.74) is 1.82. The number of nitrogens with one attached hydrogen (secondary N) is 1. The van der Waals surface area contributed by atoms with Gasteiger partial charge in [0.1, 0.15) is 5.75 Å². The average Bonchev–Trinajstić information content (AvgIpc) is 2.65. The van der Waals surface area contributed by atoms with E-state index >= 15 is 0 Å². The number of ether oxygens (including phenoxy) is 1. The molecule has 0 saturated heterocycles. The Balaban J connectivity index is 2.27. The molecule has 1 N–H and O–H groups in total. The van der Waals surface area contributed by atoms with Crippen LogP contribution < -0.4 is 14.4 Å². The van der Waals surface area contributed by atoms with Crippen molar-refractivity contribution in [1.29, 1.82) is 0 Å². The van der Waals surface area contributed by atoms with Crippen LogP contribution in [0.15, 0.2) is 48.5 Å². The molecular formula is C20H26N2O4S. The van der Waals surface area contributed by atoms with E-state index in [-0.39, 0.29) is 12.5 Å². The zero-order chi connectivity index (χ0) is 19.9. The molecule has 0 aliphatic rings. The molecule has 0 spiro atoms. The van der Waals surface area contributed by atoms with Crippen LogP contribution in [0.25, 0.3) is 0 Å². The van der Waals surface area contributed by atoms with Gasteiger partial charge in [0.15, 0.2) is 0 Å². The van der Waals surface area contributed by atoms with Gasteiger partial charge in [-0.05, 0) is 43.2 Å². The molecule has 2 aromatic rings. The predicted octanol–water partition coefficient (Wildman–Crippen LogP) is 3.19. The van der Waals surface area contributed by atoms with E-state index in [9.17, 15) is 13.2 Å². The second kappa shape index (κ2) is 9.41. The lowest BCUT2D eigenvalue weighted by atomic mass is 10.1. The number of benzene rings is 2. The monoisotopic (exact) mass is 390 g/mol. The summed E-state index contributed by atoms with van der Waals surface area (Å²) in [5, 5.41) is 2.82. The van der Waals surface area contributed by atoms with E-state index in [1.165, 1.54) is 10.6 Å². The maximum Gasteiger partial charge on any atom is 0.251 e. The van der Waals surface area contributed by atoms with Crippen molar-refractivity contribution >= 4 is 21.6 Å². The molecule has 0 aromatic heterocycles. The molecule has 27 heavy (non-hydrogen) atoms. The second-order valence-electron chi connectivity index (χ2n) is 6.12. The van der Waals surface area contributed by atoms with E-state index in [1.54, 1.807) is 48.5 Å². The van der Waals surface area contributed by atoms with Crippen LogP contribution in [0.5, 0.6) is 5.75 Å². The van der Waals surface area contributed by atoms with Crippen molar-refractivity contribution in [2.45, 2.75) is 26.8 Å². The van der Waals surface area contributed by atoms with Crippen LogP contribution in [0, 0.1) is 0 Å². The maximum absolute atomic E-state index is 12.4. The summed E-state index contributed by atoms with van der Waals surface area (Å²) in [4.78, 5) is 12.0. The number of sulfonamides is 1. The van der Waals surface area contributed by atoms with Gasteiger partial charge in [0.2, 0.25) is 10.0 Å². The fourth-order valence-corrected chi connectivity index (χ4v) is 3.48. The average molecular weight is 391 g/mol. The summed E-state index contributed by atoms with van der Waals surface area (Å²) in [7, 11) is -3.52. The van der Waals surface area contributed by atoms with Crippen LogP contribution in [0.3, 0.4) is 0 Å². The third kappa shape index (κ3) is 5.72. The van der Waals surface area contributed by atoms with Crippen LogP contribution in [-0.2, 0) is 16.6 Å². The molecule has 0 radical (unpaired) electrons. The van der Waals surface area contributed by atoms with E-state index in [0.717, 1.165) is 12.0 Å². The van der Waals surface area contributed by atoms with Crippen molar-refractivity contribution in [2.24, 2.45) is 0 Å². The van der Waals surface area contributed by atoms with Crippen molar-refractivity contribution in [3.05, 3.63) is 59.7 Å². The Morgan fingerprint density at radius 1 is 1.07 bits per heavy atom. The lowest BCUT2D eigenvalue weighted by Crippen LogP contribution is -2.30. The summed E-state index contributed by atoms with van der Waals surface area (Å²) >= 11 is 0. The molecule has 0 fully saturated rings. The summed E-state index contributed by atoms with van der Waals surface area (Å²) < 4.78 is 31.7. The van der Waals surface area contributed by atoms with E-state index in [1.807, 2.05) is 13.8 Å². The minimum Gasteiger partial charge on any atom is -0.492 e. The van der Waals surface area contributed by atoms with Gasteiger partial charge in [-0.15, -0.1) is 0 Å². The van der Waals surface area contributed by atoms with Gasteiger partial charge >= 0.3 is 0 Å². The fraction of sp³-hybridized carbons (Fsp3) is 0.350. The number of para-hydroxylation sites is 2. The third-order valence-corrected chi connectivity index (χ3v) is 5.04. The van der Waals surface area contributed by atoms with Crippen LogP contribution >= 0.6 is 0 Å². The first-order valence-corrected chi connectivity index (χ1v) is 10.8. The Kier molecular flexibility index (Phi) is 7.24. The molecule has 0 unspecified atom stereocenters. The van der Waals surface area contributed by atoms with Crippen LogP contribution in [-0.4, -0.2) is 33.7 Å². The third-order valence-electron chi connectivity index (χ3n) is 3.91. The highest BCUT2D eigenvalue weighted by Gasteiger charge is 2.21. The molecule has 0 bridgehead atoms. The zero-order valence-electron chi connectivity index (χ0n) is 15.9. The highest BCUT2D eigenvalue weighted by molar-refractivity contribution is 7.92. The number of nitrogens with zero attached hydrogens (tertiary/aromatic N) is 1. The van der Waals surface area contributed by atoms with Gasteiger partial charge in [0.05, 0.1) is 25.1 Å². The molecule has 0 aliphatic heterocycles. The first-order chi connectivity index (χ1) is 12.9. The number of amides is 1. The van der Waals surface area contributed by atoms with Gasteiger partial charge in [-0.1, -0.05) is 31.2 Å². The minimum atomic E-state index is -3.52. The fourth-order valence-electron chi connectivity index (χ4n) is 2.59. The van der Waals surface area contributed by atoms with Gasteiger partial charge < -0.3 is 10.1 Å². The summed E-state index contributed by atoms with van der Waals surface area (Å²) in [6.45, 7) is 5.06. The Morgan fingerprint density at radius 2 is 1.74 bits per heavy atom. The van der Waals surface area contributed by atoms with E-state index < -0.39 is 10.0 Å². The van der Waals surface area contributed by atoms with E-state index in [2.05, 4.69) is 5.32 Å². The lowest BCUT2D eigenvalue weighted by molar-refractivity contribution is 0.0953. The molecule has 6 nitrogen and oxygen atoms in total. The molecule has 0 aliphatic carbocycles. The topological polar surface area (TPSA) is 75.7 Å². The molecular weight excluding hydrogens is 364 g/mol. The first kappa shape index (κ1) is 20.8. The normalized spacial score (nSPS) is 11.1. The second-order valence-corrected chi connectivity index (χ2v) is 8.03. The van der Waals surface area contributed by atoms with Crippen molar-refractivity contribution < 1.29 is 17.9 Å². The number of carbonyl (C=O) groups excluding carboxylic acids is 1. The van der Waals surface area contributed by atoms with Gasteiger partial charge in [0.25, 0.3) is 5.91 Å². The SMILES string of the molecule is CCCNC(=O)c1ccc(CN(c2ccccc2OCC)S(C)(=O)=O)cc1. The summed E-state index contributed by atoms with van der Waals surface area (Å²) in [6, 6.07) is 14.0. The highest BCUT2D eigenvalue weighted by Crippen LogP contribution is 2.31. The number of anilines is 1. The van der Waals surface area contributed by atoms with Gasteiger partial charge in [-0.3, -0.25) is 9.10 Å². The van der Waals surface area contributed by atoms with E-state index in [4.69, 9.17) is 4.74 Å². The van der Waals surface area contributed by atoms with Crippen LogP contribution in [0.2, 0.25) is 0 Å².